The van der Waals surface area contributed by atoms with E-state index in [0.717, 1.165) is 32.7 Å². The van der Waals surface area contributed by atoms with E-state index >= 15 is 0 Å². The summed E-state index contributed by atoms with van der Waals surface area (Å²) in [5.41, 5.74) is 1.93. The van der Waals surface area contributed by atoms with Gasteiger partial charge >= 0.3 is 11.9 Å². The van der Waals surface area contributed by atoms with Crippen LogP contribution in [0.25, 0.3) is 0 Å². The van der Waals surface area contributed by atoms with E-state index in [4.69, 9.17) is 26.2 Å². The molecule has 328 valence electrons. The third-order valence-corrected chi connectivity index (χ3v) is 14.3. The van der Waals surface area contributed by atoms with Crippen LogP contribution in [0.4, 0.5) is 5.13 Å². The number of ether oxygens (including phenoxy) is 1. The van der Waals surface area contributed by atoms with Crippen molar-refractivity contribution in [3.05, 3.63) is 202 Å². The summed E-state index contributed by atoms with van der Waals surface area (Å²) in [6.07, 6.45) is 0.460. The second-order valence-electron chi connectivity index (χ2n) is 15.7. The van der Waals surface area contributed by atoms with Gasteiger partial charge in [-0.3, -0.25) is 14.5 Å². The van der Waals surface area contributed by atoms with Gasteiger partial charge in [-0.15, -0.1) is 34.7 Å². The highest BCUT2D eigenvalue weighted by Crippen LogP contribution is 2.43. The van der Waals surface area contributed by atoms with E-state index in [-0.39, 0.29) is 41.6 Å². The Hall–Kier alpha value is -6.74. The number of aliphatic carboxylic acids is 1. The minimum atomic E-state index is -1.52. The van der Waals surface area contributed by atoms with E-state index in [2.05, 4.69) is 15.8 Å². The number of esters is 1. The number of nitrogens with zero attached hydrogens (tertiary/aromatic N) is 3. The molecule has 2 atom stereocenters. The Kier molecular flexibility index (Phi) is 12.6. The smallest absolute Gasteiger partial charge is 0.354 e. The molecule has 12 nitrogen and oxygen atoms in total. The molecule has 0 bridgehead atoms. The summed E-state index contributed by atoms with van der Waals surface area (Å²) >= 11 is 8.60. The average molecular weight is 925 g/mol. The van der Waals surface area contributed by atoms with Crippen molar-refractivity contribution < 1.29 is 33.9 Å². The summed E-state index contributed by atoms with van der Waals surface area (Å²) in [5.74, 6) is -3.13. The molecule has 6 aromatic rings. The number of oxime groups is 1. The van der Waals surface area contributed by atoms with E-state index in [1.165, 1.54) is 23.1 Å². The van der Waals surface area contributed by atoms with Crippen molar-refractivity contribution in [3.63, 3.8) is 0 Å². The molecule has 2 fully saturated rings. The fraction of sp³-hybridized carbons (Fsp3) is 0.200. The molecule has 1 unspecified atom stereocenters. The first kappa shape index (κ1) is 43.5. The molecule has 15 heteroatoms. The van der Waals surface area contributed by atoms with Gasteiger partial charge in [0, 0.05) is 29.9 Å². The van der Waals surface area contributed by atoms with Crippen LogP contribution in [0.3, 0.4) is 0 Å². The van der Waals surface area contributed by atoms with E-state index in [0.29, 0.717) is 17.1 Å². The largest absolute Gasteiger partial charge is 0.477 e. The maximum Gasteiger partial charge on any atom is 0.354 e. The number of β-lactam (4-membered cyclic amide) rings is 1. The number of nitrogens with one attached hydrogen (secondary N) is 2. The summed E-state index contributed by atoms with van der Waals surface area (Å²) in [5, 5.41) is 22.3. The number of thioether (sulfide) groups is 1. The number of anilines is 1. The summed E-state index contributed by atoms with van der Waals surface area (Å²) in [4.78, 5) is 67.1. The van der Waals surface area contributed by atoms with Crippen molar-refractivity contribution in [1.29, 1.82) is 0 Å². The number of alkyl halides is 1. The molecule has 0 radical (unpaired) electrons. The van der Waals surface area contributed by atoms with Crippen molar-refractivity contribution in [1.82, 2.24) is 15.2 Å². The van der Waals surface area contributed by atoms with Gasteiger partial charge in [0.15, 0.2) is 16.9 Å². The maximum atomic E-state index is 14.6. The predicted octanol–water partition coefficient (Wildman–Crippen LogP) is 8.50. The van der Waals surface area contributed by atoms with Gasteiger partial charge in [-0.1, -0.05) is 157 Å². The zero-order valence-electron chi connectivity index (χ0n) is 34.7. The van der Waals surface area contributed by atoms with Crippen molar-refractivity contribution >= 4 is 69.3 Å². The van der Waals surface area contributed by atoms with Crippen LogP contribution in [-0.2, 0) is 34.3 Å². The van der Waals surface area contributed by atoms with Gasteiger partial charge in [0.2, 0.25) is 5.60 Å². The first-order valence-electron chi connectivity index (χ1n) is 21.0. The number of thiazole rings is 1. The maximum absolute atomic E-state index is 14.6. The van der Waals surface area contributed by atoms with Gasteiger partial charge in [0.1, 0.15) is 28.3 Å². The molecule has 0 spiro atoms. The lowest BCUT2D eigenvalue weighted by Crippen LogP contribution is -2.71. The van der Waals surface area contributed by atoms with Crippen LogP contribution in [-0.4, -0.2) is 73.1 Å². The Labute approximate surface area is 388 Å². The third-order valence-electron chi connectivity index (χ3n) is 11.8. The Bertz CT molecular complexity index is 2620. The fourth-order valence-corrected chi connectivity index (χ4v) is 10.8. The van der Waals surface area contributed by atoms with E-state index in [1.54, 1.807) is 5.38 Å². The van der Waals surface area contributed by atoms with Gasteiger partial charge in [0.05, 0.1) is 0 Å². The SMILES string of the molecule is O=C(O)C1=C(CCl)CS[C@H]2C(NC(=O)C(=NOC3(C(=O)OC(c4ccccc4)c4ccccc4)CCC3)c3csc(NC(c4ccccc4)(c4ccccc4)c4ccccc4)n3)C(=O)N12. The Balaban J connectivity index is 1.07. The number of aromatic nitrogens is 1. The molecule has 2 amide bonds. The van der Waals surface area contributed by atoms with Crippen molar-refractivity contribution in [3.8, 4) is 0 Å². The predicted molar refractivity (Wildman–Crippen MR) is 250 cm³/mol. The summed E-state index contributed by atoms with van der Waals surface area (Å²) in [7, 11) is 0. The van der Waals surface area contributed by atoms with Crippen molar-refractivity contribution in [2.45, 2.75) is 47.9 Å². The fourth-order valence-electron chi connectivity index (χ4n) is 8.34. The Morgan fingerprint density at radius 1 is 0.831 bits per heavy atom. The lowest BCUT2D eigenvalue weighted by molar-refractivity contribution is -0.189. The van der Waals surface area contributed by atoms with Crippen molar-refractivity contribution in [2.24, 2.45) is 5.16 Å². The molecular formula is C50H42ClN5O7S2. The highest BCUT2D eigenvalue weighted by Gasteiger charge is 2.55. The second-order valence-corrected chi connectivity index (χ2v) is 18.0. The number of fused-ring (bicyclic) bond motifs is 1. The van der Waals surface area contributed by atoms with E-state index < -0.39 is 52.4 Å². The number of carboxylic acids is 1. The number of amides is 2. The van der Waals surface area contributed by atoms with Gasteiger partial charge < -0.3 is 25.3 Å². The molecule has 1 aromatic heterocycles. The minimum absolute atomic E-state index is 0.0573. The number of carboxylic acid groups (broad SMARTS) is 1. The van der Waals surface area contributed by atoms with Crippen LogP contribution in [0.5, 0.6) is 0 Å². The van der Waals surface area contributed by atoms with E-state index in [1.807, 2.05) is 152 Å². The number of hydrogen-bond acceptors (Lipinski definition) is 11. The van der Waals surface area contributed by atoms with Gasteiger partial charge in [-0.25, -0.2) is 14.6 Å². The summed E-state index contributed by atoms with van der Waals surface area (Å²) in [6, 6.07) is 47.6. The number of benzene rings is 5. The topological polar surface area (TPSA) is 160 Å². The molecule has 65 heavy (non-hydrogen) atoms. The summed E-state index contributed by atoms with van der Waals surface area (Å²) in [6.45, 7) is 0. The zero-order valence-corrected chi connectivity index (χ0v) is 37.1. The van der Waals surface area contributed by atoms with Gasteiger partial charge in [-0.05, 0) is 39.8 Å². The zero-order chi connectivity index (χ0) is 45.0. The van der Waals surface area contributed by atoms with Crippen LogP contribution < -0.4 is 10.6 Å². The quantitative estimate of drug-likeness (QED) is 0.0215. The van der Waals surface area contributed by atoms with Crippen LogP contribution in [0, 0.1) is 0 Å². The molecule has 1 aliphatic carbocycles. The second kappa shape index (κ2) is 18.8. The van der Waals surface area contributed by atoms with E-state index in [9.17, 15) is 24.3 Å². The number of carbonyl (C=O) groups is 4. The Morgan fingerprint density at radius 2 is 1.35 bits per heavy atom. The summed E-state index contributed by atoms with van der Waals surface area (Å²) < 4.78 is 6.25. The van der Waals surface area contributed by atoms with Crippen LogP contribution in [0.15, 0.2) is 173 Å². The average Bonchev–Trinajstić information content (AvgIpc) is 3.80. The number of hydrogen-bond donors (Lipinski definition) is 3. The third kappa shape index (κ3) is 8.40. The number of halogens is 1. The lowest BCUT2D eigenvalue weighted by atomic mass is 9.77. The highest BCUT2D eigenvalue weighted by molar-refractivity contribution is 8.00. The monoisotopic (exact) mass is 923 g/mol. The van der Waals surface area contributed by atoms with Crippen molar-refractivity contribution in [2.75, 3.05) is 16.9 Å². The molecule has 1 saturated heterocycles. The molecule has 3 N–H and O–H groups in total. The first-order valence-corrected chi connectivity index (χ1v) is 23.4. The van der Waals surface area contributed by atoms with Gasteiger partial charge in [-0.2, -0.15) is 0 Å². The van der Waals surface area contributed by atoms with Crippen LogP contribution >= 0.6 is 34.7 Å². The molecule has 1 saturated carbocycles. The first-order chi connectivity index (χ1) is 31.7. The van der Waals surface area contributed by atoms with Crippen LogP contribution in [0.2, 0.25) is 0 Å². The molecular weight excluding hydrogens is 882 g/mol. The molecule has 3 aliphatic rings. The number of rotatable bonds is 16. The van der Waals surface area contributed by atoms with Crippen LogP contribution in [0.1, 0.15) is 58.9 Å². The molecule has 2 aliphatic heterocycles. The van der Waals surface area contributed by atoms with Gasteiger partial charge in [0.25, 0.3) is 11.8 Å². The minimum Gasteiger partial charge on any atom is -0.477 e. The molecule has 9 rings (SSSR count). The Morgan fingerprint density at radius 3 is 1.83 bits per heavy atom. The molecule has 5 aromatic carbocycles. The normalized spacial score (nSPS) is 17.9. The standard InChI is InChI=1S/C50H42ClN5O7S2/c51-29-34-30-64-45-40(44(58)56(45)41(34)46(59)60)53-43(57)39(55-63-49(27-16-28-49)47(61)62-42(32-17-6-1-7-18-32)33-19-8-2-9-20-33)38-31-65-48(52-38)54-50(35-21-10-3-11-22-35,36-23-12-4-13-24-36)37-25-14-5-15-26-37/h1-15,17-26,31,40,42,45H,16,27-30H2,(H,52,54)(H,53,57)(H,59,60)/t40?,45-/m0/s1. The lowest BCUT2D eigenvalue weighted by Gasteiger charge is -2.49. The highest BCUT2D eigenvalue weighted by atomic mass is 35.5. The molecule has 3 heterocycles. The number of carbonyl (C=O) groups excluding carboxylic acids is 3.